The SMILES string of the molecule is COCc1c(C(=O)OC)nnn1Cc1noc(C)n1. The zero-order chi connectivity index (χ0) is 13.8. The Hall–Kier alpha value is -2.29. The summed E-state index contributed by atoms with van der Waals surface area (Å²) in [7, 11) is 2.79. The summed E-state index contributed by atoms with van der Waals surface area (Å²) in [5, 5.41) is 11.4. The van der Waals surface area contributed by atoms with Gasteiger partial charge in [0.05, 0.1) is 19.4 Å². The predicted octanol–water partition coefficient (Wildman–Crippen LogP) is -0.0492. The number of ether oxygens (including phenoxy) is 2. The Bertz CT molecular complexity index is 576. The molecule has 102 valence electrons. The van der Waals surface area contributed by atoms with E-state index in [0.717, 1.165) is 0 Å². The van der Waals surface area contributed by atoms with Crippen molar-refractivity contribution in [1.29, 1.82) is 0 Å². The molecule has 0 aromatic carbocycles. The summed E-state index contributed by atoms with van der Waals surface area (Å²) < 4.78 is 16.0. The van der Waals surface area contributed by atoms with Gasteiger partial charge < -0.3 is 14.0 Å². The average Bonchev–Trinajstić information content (AvgIpc) is 2.97. The lowest BCUT2D eigenvalue weighted by molar-refractivity contribution is 0.0588. The van der Waals surface area contributed by atoms with E-state index in [9.17, 15) is 4.79 Å². The molecule has 0 aliphatic rings. The maximum atomic E-state index is 11.5. The van der Waals surface area contributed by atoms with Crippen LogP contribution >= 0.6 is 0 Å². The molecule has 0 saturated heterocycles. The Kier molecular flexibility index (Phi) is 3.85. The molecule has 2 aromatic rings. The molecular weight excluding hydrogens is 254 g/mol. The first-order chi connectivity index (χ1) is 9.15. The normalized spacial score (nSPS) is 10.7. The van der Waals surface area contributed by atoms with Gasteiger partial charge in [-0.15, -0.1) is 5.10 Å². The minimum absolute atomic E-state index is 0.115. The van der Waals surface area contributed by atoms with Crippen molar-refractivity contribution >= 4 is 5.97 Å². The zero-order valence-electron chi connectivity index (χ0n) is 10.8. The number of carbonyl (C=O) groups excluding carboxylic acids is 1. The predicted molar refractivity (Wildman–Crippen MR) is 60.2 cm³/mol. The highest BCUT2D eigenvalue weighted by Crippen LogP contribution is 2.10. The standard InChI is InChI=1S/C10H13N5O4/c1-6-11-8(13-19-6)4-15-7(5-17-2)9(12-14-15)10(16)18-3/h4-5H2,1-3H3. The molecule has 0 aliphatic carbocycles. The number of methoxy groups -OCH3 is 2. The van der Waals surface area contributed by atoms with E-state index in [1.165, 1.54) is 18.9 Å². The number of rotatable bonds is 5. The highest BCUT2D eigenvalue weighted by Gasteiger charge is 2.21. The summed E-state index contributed by atoms with van der Waals surface area (Å²) >= 11 is 0. The summed E-state index contributed by atoms with van der Waals surface area (Å²) in [6.45, 7) is 2.10. The van der Waals surface area contributed by atoms with E-state index in [2.05, 4.69) is 25.2 Å². The van der Waals surface area contributed by atoms with Gasteiger partial charge in [-0.05, 0) is 0 Å². The molecule has 0 N–H and O–H groups in total. The molecule has 19 heavy (non-hydrogen) atoms. The molecule has 0 fully saturated rings. The van der Waals surface area contributed by atoms with Crippen LogP contribution in [-0.4, -0.2) is 45.3 Å². The van der Waals surface area contributed by atoms with Crippen molar-refractivity contribution < 1.29 is 18.8 Å². The number of aromatic nitrogens is 5. The summed E-state index contributed by atoms with van der Waals surface area (Å²) in [5.74, 6) is 0.329. The van der Waals surface area contributed by atoms with Crippen molar-refractivity contribution in [2.45, 2.75) is 20.1 Å². The minimum atomic E-state index is -0.567. The van der Waals surface area contributed by atoms with Crippen LogP contribution in [0, 0.1) is 6.92 Å². The van der Waals surface area contributed by atoms with Gasteiger partial charge in [0.1, 0.15) is 6.54 Å². The van der Waals surface area contributed by atoms with Crippen LogP contribution in [0.2, 0.25) is 0 Å². The molecule has 0 spiro atoms. The first-order valence-electron chi connectivity index (χ1n) is 5.44. The van der Waals surface area contributed by atoms with Crippen LogP contribution in [0.1, 0.15) is 27.9 Å². The lowest BCUT2D eigenvalue weighted by Gasteiger charge is -2.04. The van der Waals surface area contributed by atoms with Crippen molar-refractivity contribution in [3.8, 4) is 0 Å². The smallest absolute Gasteiger partial charge is 0.360 e. The number of carbonyl (C=O) groups is 1. The third-order valence-electron chi connectivity index (χ3n) is 2.36. The molecule has 0 amide bonds. The Morgan fingerprint density at radius 1 is 1.42 bits per heavy atom. The average molecular weight is 267 g/mol. The van der Waals surface area contributed by atoms with E-state index in [1.54, 1.807) is 6.92 Å². The highest BCUT2D eigenvalue weighted by atomic mass is 16.5. The van der Waals surface area contributed by atoms with E-state index in [1.807, 2.05) is 0 Å². The molecule has 0 radical (unpaired) electrons. The van der Waals surface area contributed by atoms with Crippen molar-refractivity contribution in [3.63, 3.8) is 0 Å². The molecule has 2 rings (SSSR count). The summed E-state index contributed by atoms with van der Waals surface area (Å²) in [5.41, 5.74) is 0.612. The molecule has 0 bridgehead atoms. The van der Waals surface area contributed by atoms with Crippen LogP contribution in [0.4, 0.5) is 0 Å². The van der Waals surface area contributed by atoms with Crippen LogP contribution < -0.4 is 0 Å². The molecular formula is C10H13N5O4. The molecule has 0 saturated carbocycles. The van der Waals surface area contributed by atoms with Gasteiger partial charge in [0.2, 0.25) is 5.89 Å². The Balaban J connectivity index is 2.29. The number of aryl methyl sites for hydroxylation is 1. The molecule has 2 aromatic heterocycles. The zero-order valence-corrected chi connectivity index (χ0v) is 10.8. The largest absolute Gasteiger partial charge is 0.464 e. The maximum Gasteiger partial charge on any atom is 0.360 e. The highest BCUT2D eigenvalue weighted by molar-refractivity contribution is 5.88. The van der Waals surface area contributed by atoms with E-state index in [0.29, 0.717) is 17.4 Å². The minimum Gasteiger partial charge on any atom is -0.464 e. The molecule has 0 aliphatic heterocycles. The molecule has 0 atom stereocenters. The van der Waals surface area contributed by atoms with E-state index in [-0.39, 0.29) is 18.8 Å². The van der Waals surface area contributed by atoms with Crippen molar-refractivity contribution in [2.75, 3.05) is 14.2 Å². The molecule has 9 heteroatoms. The summed E-state index contributed by atoms with van der Waals surface area (Å²) in [6, 6.07) is 0. The van der Waals surface area contributed by atoms with Crippen LogP contribution in [0.15, 0.2) is 4.52 Å². The fourth-order valence-electron chi connectivity index (χ4n) is 1.53. The second kappa shape index (κ2) is 5.57. The number of hydrogen-bond donors (Lipinski definition) is 0. The van der Waals surface area contributed by atoms with Crippen LogP contribution in [-0.2, 0) is 22.6 Å². The molecule has 0 unspecified atom stereocenters. The van der Waals surface area contributed by atoms with Gasteiger partial charge in [0.15, 0.2) is 11.5 Å². The second-order valence-electron chi connectivity index (χ2n) is 3.70. The third-order valence-corrected chi connectivity index (χ3v) is 2.36. The first-order valence-corrected chi connectivity index (χ1v) is 5.44. The van der Waals surface area contributed by atoms with E-state index < -0.39 is 5.97 Å². The van der Waals surface area contributed by atoms with Gasteiger partial charge >= 0.3 is 5.97 Å². The fraction of sp³-hybridized carbons (Fsp3) is 0.500. The van der Waals surface area contributed by atoms with Crippen LogP contribution in [0.5, 0.6) is 0 Å². The summed E-state index contributed by atoms with van der Waals surface area (Å²) in [4.78, 5) is 15.6. The van der Waals surface area contributed by atoms with Gasteiger partial charge in [-0.25, -0.2) is 9.48 Å². The Morgan fingerprint density at radius 3 is 2.79 bits per heavy atom. The molecule has 9 nitrogen and oxygen atoms in total. The number of esters is 1. The number of hydrogen-bond acceptors (Lipinski definition) is 8. The van der Waals surface area contributed by atoms with E-state index >= 15 is 0 Å². The summed E-state index contributed by atoms with van der Waals surface area (Å²) in [6.07, 6.45) is 0. The van der Waals surface area contributed by atoms with Gasteiger partial charge in [-0.3, -0.25) is 0 Å². The number of nitrogens with zero attached hydrogens (tertiary/aromatic N) is 5. The Morgan fingerprint density at radius 2 is 2.21 bits per heavy atom. The topological polar surface area (TPSA) is 105 Å². The second-order valence-corrected chi connectivity index (χ2v) is 3.70. The van der Waals surface area contributed by atoms with Crippen LogP contribution in [0.3, 0.4) is 0 Å². The monoisotopic (exact) mass is 267 g/mol. The first kappa shape index (κ1) is 13.1. The fourth-order valence-corrected chi connectivity index (χ4v) is 1.53. The lowest BCUT2D eigenvalue weighted by Crippen LogP contribution is -2.12. The van der Waals surface area contributed by atoms with Gasteiger partial charge in [0, 0.05) is 14.0 Å². The van der Waals surface area contributed by atoms with Gasteiger partial charge in [-0.1, -0.05) is 10.4 Å². The van der Waals surface area contributed by atoms with Crippen LogP contribution in [0.25, 0.3) is 0 Å². The van der Waals surface area contributed by atoms with Crippen molar-refractivity contribution in [2.24, 2.45) is 0 Å². The van der Waals surface area contributed by atoms with Gasteiger partial charge in [0.25, 0.3) is 0 Å². The van der Waals surface area contributed by atoms with Gasteiger partial charge in [-0.2, -0.15) is 4.98 Å². The third kappa shape index (κ3) is 2.76. The maximum absolute atomic E-state index is 11.5. The van der Waals surface area contributed by atoms with Crippen molar-refractivity contribution in [3.05, 3.63) is 23.1 Å². The molecule has 2 heterocycles. The van der Waals surface area contributed by atoms with Crippen molar-refractivity contribution in [1.82, 2.24) is 25.1 Å². The lowest BCUT2D eigenvalue weighted by atomic mass is 10.3. The van der Waals surface area contributed by atoms with E-state index in [4.69, 9.17) is 9.26 Å². The Labute approximate surface area is 108 Å². The quantitative estimate of drug-likeness (QED) is 0.694.